The molecule has 2 atom stereocenters. The van der Waals surface area contributed by atoms with Gasteiger partial charge in [-0.1, -0.05) is 107 Å². The van der Waals surface area contributed by atoms with Crippen LogP contribution in [0.3, 0.4) is 0 Å². The van der Waals surface area contributed by atoms with Gasteiger partial charge in [0, 0.05) is 11.0 Å². The van der Waals surface area contributed by atoms with E-state index in [1.54, 1.807) is 0 Å². The van der Waals surface area contributed by atoms with Crippen LogP contribution in [0.25, 0.3) is 0 Å². The number of phosphoric acid groups is 1. The first kappa shape index (κ1) is 27.2. The van der Waals surface area contributed by atoms with Crippen LogP contribution in [0.15, 0.2) is 57.4 Å². The van der Waals surface area contributed by atoms with E-state index < -0.39 is 19.3 Å². The van der Waals surface area contributed by atoms with E-state index in [4.69, 9.17) is 9.05 Å². The summed E-state index contributed by atoms with van der Waals surface area (Å²) in [6, 6.07) is 0. The molecule has 0 aromatic heterocycles. The van der Waals surface area contributed by atoms with E-state index in [1.807, 2.05) is 20.8 Å². The van der Waals surface area contributed by atoms with Gasteiger partial charge in [-0.15, -0.1) is 0 Å². The third-order valence-corrected chi connectivity index (χ3v) is 7.78. The van der Waals surface area contributed by atoms with Crippen molar-refractivity contribution in [2.45, 2.75) is 102 Å². The molecule has 3 aliphatic rings. The molecule has 34 heavy (non-hydrogen) atoms. The lowest BCUT2D eigenvalue weighted by atomic mass is 9.69. The summed E-state index contributed by atoms with van der Waals surface area (Å²) in [5.74, 6) is 0.526. The Hall–Kier alpha value is -1.35. The van der Waals surface area contributed by atoms with Crippen molar-refractivity contribution < 1.29 is 18.5 Å². The molecule has 5 heteroatoms. The molecule has 1 aliphatic heterocycles. The fourth-order valence-electron chi connectivity index (χ4n) is 4.78. The van der Waals surface area contributed by atoms with Gasteiger partial charge in [-0.3, -0.25) is 9.42 Å². The summed E-state index contributed by atoms with van der Waals surface area (Å²) >= 11 is 0. The summed E-state index contributed by atoms with van der Waals surface area (Å²) in [5, 5.41) is 0. The maximum Gasteiger partial charge on any atom is 0.528 e. The van der Waals surface area contributed by atoms with E-state index in [-0.39, 0.29) is 16.2 Å². The summed E-state index contributed by atoms with van der Waals surface area (Å²) in [4.78, 5) is 11.0. The van der Waals surface area contributed by atoms with Crippen molar-refractivity contribution in [1.29, 1.82) is 0 Å². The monoisotopic (exact) mass is 488 g/mol. The Labute approximate surface area is 207 Å². The molecule has 0 spiro atoms. The molecule has 0 fully saturated rings. The lowest BCUT2D eigenvalue weighted by Gasteiger charge is -2.41. The molecular formula is C29H45O4P. The van der Waals surface area contributed by atoms with Crippen LogP contribution in [0.5, 0.6) is 0 Å². The standard InChI is InChI=1S/C29H45O4P/c1-26(2,3)18-13-14-20-21-16-19(27(4,5)6)17-23(28(7,8)9)24(21)32-34(30,31)33-25(22(20)15-18)29(10,11)12/h15-17,24H,13-14H2,1-12H3,(H,30,31)/b21-20-,25-22?. The van der Waals surface area contributed by atoms with Crippen LogP contribution in [-0.2, 0) is 13.6 Å². The maximum atomic E-state index is 13.4. The fraction of sp³-hybridized carbons (Fsp3) is 0.655. The van der Waals surface area contributed by atoms with Crippen LogP contribution in [0.1, 0.15) is 95.9 Å². The van der Waals surface area contributed by atoms with Gasteiger partial charge in [-0.05, 0) is 51.4 Å². The molecule has 0 aromatic carbocycles. The van der Waals surface area contributed by atoms with Crippen molar-refractivity contribution >= 4 is 7.82 Å². The Balaban J connectivity index is 2.47. The smallest absolute Gasteiger partial charge is 0.407 e. The topological polar surface area (TPSA) is 55.8 Å². The van der Waals surface area contributed by atoms with E-state index in [9.17, 15) is 9.46 Å². The highest BCUT2D eigenvalue weighted by Gasteiger charge is 2.44. The van der Waals surface area contributed by atoms with Gasteiger partial charge >= 0.3 is 7.82 Å². The Bertz CT molecular complexity index is 1070. The maximum absolute atomic E-state index is 13.4. The minimum Gasteiger partial charge on any atom is -0.407 e. The van der Waals surface area contributed by atoms with Crippen molar-refractivity contribution in [1.82, 2.24) is 0 Å². The zero-order chi connectivity index (χ0) is 26.1. The van der Waals surface area contributed by atoms with Gasteiger partial charge in [-0.2, -0.15) is 0 Å². The zero-order valence-electron chi connectivity index (χ0n) is 23.3. The zero-order valence-corrected chi connectivity index (χ0v) is 24.2. The SMILES string of the molecule is CC(C)(C)C1=C/C2=C3\CCC(C(C)(C)C)=CC3=C(C(C)(C)C)OP(=O)(O)OC2C(C(C)(C)C)=C1. The molecule has 0 bridgehead atoms. The van der Waals surface area contributed by atoms with Crippen LogP contribution >= 0.6 is 7.82 Å². The number of hydrogen-bond donors (Lipinski definition) is 1. The van der Waals surface area contributed by atoms with E-state index in [0.29, 0.717) is 5.76 Å². The largest absolute Gasteiger partial charge is 0.528 e. The number of phosphoric ester groups is 1. The number of fused-ring (bicyclic) bond motifs is 2. The van der Waals surface area contributed by atoms with Gasteiger partial charge in [0.05, 0.1) is 0 Å². The quantitative estimate of drug-likeness (QED) is 0.346. The second-order valence-electron chi connectivity index (χ2n) is 14.1. The summed E-state index contributed by atoms with van der Waals surface area (Å²) in [6.45, 7) is 25.8. The molecule has 0 saturated heterocycles. The number of allylic oxidation sites excluding steroid dienone is 7. The van der Waals surface area contributed by atoms with Crippen molar-refractivity contribution in [3.8, 4) is 0 Å². The first-order valence-corrected chi connectivity index (χ1v) is 13.9. The first-order chi connectivity index (χ1) is 15.1. The highest BCUT2D eigenvalue weighted by Crippen LogP contribution is 2.58. The number of rotatable bonds is 0. The summed E-state index contributed by atoms with van der Waals surface area (Å²) in [7, 11) is -4.38. The van der Waals surface area contributed by atoms with Crippen LogP contribution in [0, 0.1) is 21.7 Å². The average Bonchev–Trinajstić information content (AvgIpc) is 2.61. The first-order valence-electron chi connectivity index (χ1n) is 12.5. The lowest BCUT2D eigenvalue weighted by Crippen LogP contribution is -2.33. The lowest BCUT2D eigenvalue weighted by molar-refractivity contribution is 0.128. The van der Waals surface area contributed by atoms with E-state index >= 15 is 0 Å². The molecule has 190 valence electrons. The highest BCUT2D eigenvalue weighted by atomic mass is 31.2. The van der Waals surface area contributed by atoms with Gasteiger partial charge in [0.15, 0.2) is 0 Å². The van der Waals surface area contributed by atoms with Gasteiger partial charge in [0.25, 0.3) is 0 Å². The highest BCUT2D eigenvalue weighted by molar-refractivity contribution is 7.47. The van der Waals surface area contributed by atoms with Gasteiger partial charge in [-0.25, -0.2) is 4.57 Å². The molecular weight excluding hydrogens is 443 g/mol. The van der Waals surface area contributed by atoms with Gasteiger partial charge < -0.3 is 4.52 Å². The van der Waals surface area contributed by atoms with Gasteiger partial charge in [0.1, 0.15) is 11.9 Å². The predicted molar refractivity (Wildman–Crippen MR) is 141 cm³/mol. The summed E-state index contributed by atoms with van der Waals surface area (Å²) in [6.07, 6.45) is 7.75. The molecule has 2 aliphatic carbocycles. The summed E-state index contributed by atoms with van der Waals surface area (Å²) < 4.78 is 25.3. The third-order valence-electron chi connectivity index (χ3n) is 6.89. The van der Waals surface area contributed by atoms with Crippen molar-refractivity contribution in [2.24, 2.45) is 21.7 Å². The van der Waals surface area contributed by atoms with Crippen molar-refractivity contribution in [3.05, 3.63) is 57.4 Å². The molecule has 0 radical (unpaired) electrons. The van der Waals surface area contributed by atoms with Crippen molar-refractivity contribution in [3.63, 3.8) is 0 Å². The predicted octanol–water partition coefficient (Wildman–Crippen LogP) is 8.82. The minimum atomic E-state index is -4.38. The fourth-order valence-corrected chi connectivity index (χ4v) is 5.92. The minimum absolute atomic E-state index is 0.00279. The van der Waals surface area contributed by atoms with Crippen LogP contribution < -0.4 is 0 Å². The Kier molecular flexibility index (Phi) is 6.70. The molecule has 1 N–H and O–H groups in total. The molecule has 1 heterocycles. The molecule has 2 unspecified atom stereocenters. The second-order valence-corrected chi connectivity index (χ2v) is 15.4. The number of hydrogen-bond acceptors (Lipinski definition) is 3. The average molecular weight is 489 g/mol. The molecule has 0 aromatic rings. The normalized spacial score (nSPS) is 29.2. The van der Waals surface area contributed by atoms with E-state index in [0.717, 1.165) is 29.6 Å². The molecule has 3 rings (SSSR count). The Morgan fingerprint density at radius 2 is 1.38 bits per heavy atom. The van der Waals surface area contributed by atoms with Crippen LogP contribution in [0.4, 0.5) is 0 Å². The molecule has 4 nitrogen and oxygen atoms in total. The van der Waals surface area contributed by atoms with Crippen LogP contribution in [-0.4, -0.2) is 11.0 Å². The Morgan fingerprint density at radius 1 is 0.794 bits per heavy atom. The van der Waals surface area contributed by atoms with E-state index in [2.05, 4.69) is 80.5 Å². The van der Waals surface area contributed by atoms with Crippen LogP contribution in [0.2, 0.25) is 0 Å². The summed E-state index contributed by atoms with van der Waals surface area (Å²) in [5.41, 5.74) is 5.85. The van der Waals surface area contributed by atoms with Gasteiger partial charge in [0.2, 0.25) is 0 Å². The second kappa shape index (κ2) is 8.36. The molecule has 0 amide bonds. The van der Waals surface area contributed by atoms with Crippen molar-refractivity contribution in [2.75, 3.05) is 0 Å². The third kappa shape index (κ3) is 5.55. The molecule has 0 saturated carbocycles. The Morgan fingerprint density at radius 3 is 1.85 bits per heavy atom. The van der Waals surface area contributed by atoms with E-state index in [1.165, 1.54) is 16.7 Å².